The highest BCUT2D eigenvalue weighted by Crippen LogP contribution is 2.23. The van der Waals surface area contributed by atoms with E-state index < -0.39 is 10.0 Å². The fourth-order valence-electron chi connectivity index (χ4n) is 3.29. The average Bonchev–Trinajstić information content (AvgIpc) is 2.97. The average molecular weight is 347 g/mol. The summed E-state index contributed by atoms with van der Waals surface area (Å²) in [5, 5.41) is 5.46. The van der Waals surface area contributed by atoms with E-state index in [0.29, 0.717) is 25.6 Å². The van der Waals surface area contributed by atoms with Crippen molar-refractivity contribution in [3.8, 4) is 0 Å². The van der Waals surface area contributed by atoms with Gasteiger partial charge >= 0.3 is 6.03 Å². The van der Waals surface area contributed by atoms with Crippen LogP contribution in [0, 0.1) is 5.92 Å². The first-order chi connectivity index (χ1) is 10.9. The van der Waals surface area contributed by atoms with Gasteiger partial charge in [0.05, 0.1) is 18.0 Å². The minimum Gasteiger partial charge on any atom is -0.373 e. The summed E-state index contributed by atoms with van der Waals surface area (Å²) in [6.07, 6.45) is 4.61. The van der Waals surface area contributed by atoms with Crippen LogP contribution in [0.15, 0.2) is 0 Å². The first kappa shape index (κ1) is 18.5. The molecule has 2 N–H and O–H groups in total. The summed E-state index contributed by atoms with van der Waals surface area (Å²) < 4.78 is 31.7. The number of urea groups is 1. The molecule has 2 atom stereocenters. The van der Waals surface area contributed by atoms with Gasteiger partial charge < -0.3 is 15.4 Å². The van der Waals surface area contributed by atoms with Gasteiger partial charge in [0, 0.05) is 26.2 Å². The quantitative estimate of drug-likeness (QED) is 0.748. The Balaban J connectivity index is 1.68. The zero-order valence-corrected chi connectivity index (χ0v) is 14.9. The van der Waals surface area contributed by atoms with Crippen LogP contribution in [-0.4, -0.2) is 62.9 Å². The fourth-order valence-corrected chi connectivity index (χ4v) is 4.79. The van der Waals surface area contributed by atoms with Crippen molar-refractivity contribution in [2.24, 2.45) is 5.92 Å². The van der Waals surface area contributed by atoms with Gasteiger partial charge in [0.25, 0.3) is 0 Å². The molecule has 2 amide bonds. The lowest BCUT2D eigenvalue weighted by Gasteiger charge is -2.34. The monoisotopic (exact) mass is 347 g/mol. The highest BCUT2D eigenvalue weighted by atomic mass is 32.2. The van der Waals surface area contributed by atoms with Gasteiger partial charge in [-0.3, -0.25) is 0 Å². The summed E-state index contributed by atoms with van der Waals surface area (Å²) >= 11 is 0. The van der Waals surface area contributed by atoms with Crippen LogP contribution in [0.25, 0.3) is 0 Å². The first-order valence-corrected chi connectivity index (χ1v) is 10.1. The van der Waals surface area contributed by atoms with E-state index >= 15 is 0 Å². The van der Waals surface area contributed by atoms with Gasteiger partial charge in [-0.25, -0.2) is 13.2 Å². The Morgan fingerprint density at radius 3 is 2.35 bits per heavy atom. The zero-order valence-electron chi connectivity index (χ0n) is 14.1. The van der Waals surface area contributed by atoms with Gasteiger partial charge in [-0.1, -0.05) is 12.8 Å². The molecule has 0 bridgehead atoms. The van der Waals surface area contributed by atoms with Crippen LogP contribution in [-0.2, 0) is 14.8 Å². The Kier molecular flexibility index (Phi) is 6.67. The summed E-state index contributed by atoms with van der Waals surface area (Å²) in [7, 11) is -3.36. The molecule has 23 heavy (non-hydrogen) atoms. The van der Waals surface area contributed by atoms with Gasteiger partial charge in [-0.05, 0) is 32.6 Å². The van der Waals surface area contributed by atoms with Crippen molar-refractivity contribution < 1.29 is 17.9 Å². The Morgan fingerprint density at radius 2 is 1.74 bits per heavy atom. The molecule has 1 saturated heterocycles. The van der Waals surface area contributed by atoms with Crippen molar-refractivity contribution in [3.63, 3.8) is 0 Å². The number of carbonyl (C=O) groups is 1. The largest absolute Gasteiger partial charge is 0.373 e. The van der Waals surface area contributed by atoms with Gasteiger partial charge in [-0.15, -0.1) is 0 Å². The SMILES string of the molecule is C[C@@H]1CN(S(=O)(=O)CCNC(=O)NCC2CCCC2)C[C@H](C)O1. The molecule has 2 aliphatic rings. The van der Waals surface area contributed by atoms with Gasteiger partial charge in [0.1, 0.15) is 0 Å². The molecule has 0 aromatic heterocycles. The third-order valence-electron chi connectivity index (χ3n) is 4.45. The minimum atomic E-state index is -3.36. The zero-order chi connectivity index (χ0) is 16.9. The number of nitrogens with zero attached hydrogens (tertiary/aromatic N) is 1. The van der Waals surface area contributed by atoms with E-state index in [1.165, 1.54) is 30.0 Å². The predicted molar refractivity (Wildman–Crippen MR) is 88.7 cm³/mol. The highest BCUT2D eigenvalue weighted by molar-refractivity contribution is 7.89. The number of hydrogen-bond acceptors (Lipinski definition) is 4. The molecule has 2 rings (SSSR count). The minimum absolute atomic E-state index is 0.0801. The molecular weight excluding hydrogens is 318 g/mol. The van der Waals surface area contributed by atoms with Crippen molar-refractivity contribution in [1.29, 1.82) is 0 Å². The second kappa shape index (κ2) is 8.30. The number of amides is 2. The third-order valence-corrected chi connectivity index (χ3v) is 6.26. The number of carbonyl (C=O) groups excluding carboxylic acids is 1. The van der Waals surface area contributed by atoms with E-state index in [1.807, 2.05) is 13.8 Å². The Bertz CT molecular complexity index is 481. The number of nitrogens with one attached hydrogen (secondary N) is 2. The maximum absolute atomic E-state index is 12.3. The van der Waals surface area contributed by atoms with Crippen molar-refractivity contribution in [2.75, 3.05) is 31.9 Å². The predicted octanol–water partition coefficient (Wildman–Crippen LogP) is 0.915. The van der Waals surface area contributed by atoms with Gasteiger partial charge in [-0.2, -0.15) is 4.31 Å². The summed E-state index contributed by atoms with van der Waals surface area (Å²) in [5.74, 6) is 0.490. The summed E-state index contributed by atoms with van der Waals surface area (Å²) in [4.78, 5) is 11.7. The molecule has 134 valence electrons. The maximum atomic E-state index is 12.3. The molecule has 0 aromatic carbocycles. The second-order valence-electron chi connectivity index (χ2n) is 6.68. The lowest BCUT2D eigenvalue weighted by atomic mass is 10.1. The third kappa shape index (κ3) is 5.93. The topological polar surface area (TPSA) is 87.7 Å². The van der Waals surface area contributed by atoms with E-state index in [-0.39, 0.29) is 30.5 Å². The van der Waals surface area contributed by atoms with Crippen molar-refractivity contribution in [1.82, 2.24) is 14.9 Å². The number of morpholine rings is 1. The Hall–Kier alpha value is -0.860. The molecule has 1 heterocycles. The molecular formula is C15H29N3O4S. The number of hydrogen-bond donors (Lipinski definition) is 2. The Labute approximate surface area is 139 Å². The van der Waals surface area contributed by atoms with Gasteiger partial charge in [0.2, 0.25) is 10.0 Å². The number of sulfonamides is 1. The molecule has 0 spiro atoms. The molecule has 1 saturated carbocycles. The highest BCUT2D eigenvalue weighted by Gasteiger charge is 2.30. The van der Waals surface area contributed by atoms with Crippen molar-refractivity contribution in [3.05, 3.63) is 0 Å². The summed E-state index contributed by atoms with van der Waals surface area (Å²) in [6.45, 7) is 5.29. The molecule has 7 nitrogen and oxygen atoms in total. The van der Waals surface area contributed by atoms with Crippen LogP contribution < -0.4 is 10.6 Å². The fraction of sp³-hybridized carbons (Fsp3) is 0.933. The lowest BCUT2D eigenvalue weighted by molar-refractivity contribution is -0.0440. The first-order valence-electron chi connectivity index (χ1n) is 8.52. The normalized spacial score (nSPS) is 27.0. The maximum Gasteiger partial charge on any atom is 0.314 e. The van der Waals surface area contributed by atoms with Crippen LogP contribution in [0.3, 0.4) is 0 Å². The van der Waals surface area contributed by atoms with Gasteiger partial charge in [0.15, 0.2) is 0 Å². The van der Waals surface area contributed by atoms with Crippen LogP contribution in [0.4, 0.5) is 4.79 Å². The van der Waals surface area contributed by atoms with E-state index in [1.54, 1.807) is 0 Å². The van der Waals surface area contributed by atoms with E-state index in [0.717, 1.165) is 0 Å². The molecule has 1 aliphatic carbocycles. The molecule has 8 heteroatoms. The molecule has 1 aliphatic heterocycles. The Morgan fingerprint density at radius 1 is 1.13 bits per heavy atom. The van der Waals surface area contributed by atoms with Crippen LogP contribution in [0.1, 0.15) is 39.5 Å². The van der Waals surface area contributed by atoms with Crippen molar-refractivity contribution in [2.45, 2.75) is 51.7 Å². The smallest absolute Gasteiger partial charge is 0.314 e. The molecule has 2 fully saturated rings. The van der Waals surface area contributed by atoms with E-state index in [9.17, 15) is 13.2 Å². The molecule has 0 radical (unpaired) electrons. The number of rotatable bonds is 6. The summed E-state index contributed by atoms with van der Waals surface area (Å²) in [5.41, 5.74) is 0. The van der Waals surface area contributed by atoms with E-state index in [4.69, 9.17) is 4.74 Å². The lowest BCUT2D eigenvalue weighted by Crippen LogP contribution is -2.50. The van der Waals surface area contributed by atoms with Crippen LogP contribution in [0.5, 0.6) is 0 Å². The van der Waals surface area contributed by atoms with Crippen LogP contribution in [0.2, 0.25) is 0 Å². The van der Waals surface area contributed by atoms with Crippen LogP contribution >= 0.6 is 0 Å². The number of ether oxygens (including phenoxy) is 1. The summed E-state index contributed by atoms with van der Waals surface area (Å²) in [6, 6.07) is -0.282. The standard InChI is InChI=1S/C15H29N3O4S/c1-12-10-18(11-13(2)22-12)23(20,21)8-7-16-15(19)17-9-14-5-3-4-6-14/h12-14H,3-11H2,1-2H3,(H2,16,17,19)/t12-,13+. The van der Waals surface area contributed by atoms with Crippen molar-refractivity contribution >= 4 is 16.1 Å². The second-order valence-corrected chi connectivity index (χ2v) is 8.77. The molecule has 0 unspecified atom stereocenters. The van der Waals surface area contributed by atoms with E-state index in [2.05, 4.69) is 10.6 Å². The molecule has 0 aromatic rings.